The first-order chi connectivity index (χ1) is 22.4. The first-order valence-corrected chi connectivity index (χ1v) is 19.4. The van der Waals surface area contributed by atoms with Crippen LogP contribution in [0.25, 0.3) is 0 Å². The summed E-state index contributed by atoms with van der Waals surface area (Å²) < 4.78 is 0. The van der Waals surface area contributed by atoms with Gasteiger partial charge in [0, 0.05) is 48.3 Å². The molecule has 4 aliphatic heterocycles. The van der Waals surface area contributed by atoms with Crippen LogP contribution in [0.4, 0.5) is 11.9 Å². The van der Waals surface area contributed by atoms with Gasteiger partial charge in [-0.2, -0.15) is 15.0 Å². The summed E-state index contributed by atoms with van der Waals surface area (Å²) in [4.78, 5) is 20.0. The summed E-state index contributed by atoms with van der Waals surface area (Å²) in [7, 11) is 0. The first kappa shape index (κ1) is 37.0. The number of hydrogen-bond donors (Lipinski definition) is 5. The van der Waals surface area contributed by atoms with Gasteiger partial charge in [-0.15, -0.1) is 0 Å². The van der Waals surface area contributed by atoms with E-state index < -0.39 is 0 Å². The fraction of sp³-hybridized carbons (Fsp3) is 0.917. The number of anilines is 2. The van der Waals surface area contributed by atoms with Gasteiger partial charge < -0.3 is 36.2 Å². The summed E-state index contributed by atoms with van der Waals surface area (Å²) in [6.45, 7) is 19.7. The highest BCUT2D eigenvalue weighted by Gasteiger charge is 2.38. The second-order valence-corrected chi connectivity index (χ2v) is 16.8. The van der Waals surface area contributed by atoms with Crippen LogP contribution >= 0.6 is 11.6 Å². The highest BCUT2D eigenvalue weighted by molar-refractivity contribution is 6.28. The lowest BCUT2D eigenvalue weighted by molar-refractivity contribution is -0.0254. The van der Waals surface area contributed by atoms with Crippen molar-refractivity contribution in [2.45, 2.75) is 174 Å². The Morgan fingerprint density at radius 3 is 1.28 bits per heavy atom. The molecule has 0 bridgehead atoms. The van der Waals surface area contributed by atoms with E-state index in [1.807, 2.05) is 0 Å². The fourth-order valence-electron chi connectivity index (χ4n) is 9.20. The molecule has 1 saturated carbocycles. The largest absolute Gasteiger partial charge is 0.392 e. The van der Waals surface area contributed by atoms with Gasteiger partial charge in [0.25, 0.3) is 0 Å². The molecule has 0 aromatic carbocycles. The van der Waals surface area contributed by atoms with Gasteiger partial charge in [0.1, 0.15) is 0 Å². The minimum Gasteiger partial charge on any atom is -0.392 e. The maximum absolute atomic E-state index is 9.71. The number of aliphatic hydroxyl groups excluding tert-OH is 1. The van der Waals surface area contributed by atoms with E-state index in [0.717, 1.165) is 89.4 Å². The highest BCUT2D eigenvalue weighted by Crippen LogP contribution is 2.38. The summed E-state index contributed by atoms with van der Waals surface area (Å²) >= 11 is 6.74. The molecule has 5 aliphatic rings. The number of hydrogen-bond acceptors (Lipinski definition) is 10. The minimum absolute atomic E-state index is 0.0822. The third kappa shape index (κ3) is 9.69. The molecule has 10 nitrogen and oxygen atoms in total. The molecule has 5 fully saturated rings. The van der Waals surface area contributed by atoms with Gasteiger partial charge in [-0.05, 0) is 141 Å². The number of halogens is 1. The summed E-state index contributed by atoms with van der Waals surface area (Å²) in [6.07, 6.45) is 12.4. The van der Waals surface area contributed by atoms with Gasteiger partial charge in [-0.25, -0.2) is 0 Å². The van der Waals surface area contributed by atoms with Crippen LogP contribution in [0.2, 0.25) is 5.28 Å². The van der Waals surface area contributed by atoms with Gasteiger partial charge in [0.2, 0.25) is 17.2 Å². The minimum atomic E-state index is -0.0822. The molecule has 268 valence electrons. The van der Waals surface area contributed by atoms with Crippen molar-refractivity contribution < 1.29 is 5.11 Å². The van der Waals surface area contributed by atoms with Crippen molar-refractivity contribution in [3.05, 3.63) is 5.28 Å². The molecule has 0 amide bonds. The van der Waals surface area contributed by atoms with E-state index in [4.69, 9.17) is 26.6 Å². The Morgan fingerprint density at radius 2 is 0.979 bits per heavy atom. The van der Waals surface area contributed by atoms with E-state index in [0.29, 0.717) is 59.5 Å². The molecule has 5 N–H and O–H groups in total. The smallest absolute Gasteiger partial charge is 0.231 e. The first-order valence-electron chi connectivity index (χ1n) is 19.0. The predicted molar refractivity (Wildman–Crippen MR) is 195 cm³/mol. The van der Waals surface area contributed by atoms with Gasteiger partial charge in [-0.3, -0.25) is 0 Å². The van der Waals surface area contributed by atoms with E-state index in [2.05, 4.69) is 79.5 Å². The number of piperidine rings is 4. The SMILES string of the molecule is CC1CC(N(c2nc(Cl)nc(N(C3CCNC(C)C3)C3CCNC(C)C3)n2)C2CCNC(C)C2)CCN1.CC1CCCC(C)(C)C1O. The molecule has 6 rings (SSSR count). The zero-order valence-corrected chi connectivity index (χ0v) is 31.2. The van der Waals surface area contributed by atoms with Crippen LogP contribution in [-0.2, 0) is 0 Å². The van der Waals surface area contributed by atoms with Crippen LogP contribution in [0.15, 0.2) is 0 Å². The molecule has 10 unspecified atom stereocenters. The standard InChI is InChI=1S/C27H48ClN9.C9H18O/c1-17-13-21(5-9-29-17)36(22-6-10-30-18(2)14-22)26-33-25(28)34-27(35-26)37(23-7-11-31-19(3)15-23)24-8-12-32-20(4)16-24;1-7-5-4-6-9(2,3)8(7)10/h17-24,29-32H,5-16H2,1-4H3;7-8,10H,4-6H2,1-3H3. The van der Waals surface area contributed by atoms with Crippen molar-refractivity contribution in [3.8, 4) is 0 Å². The Hall–Kier alpha value is -1.30. The normalized spacial score (nSPS) is 37.7. The third-order valence-electron chi connectivity index (χ3n) is 11.8. The number of nitrogens with zero attached hydrogens (tertiary/aromatic N) is 5. The highest BCUT2D eigenvalue weighted by atomic mass is 35.5. The molecule has 1 aromatic heterocycles. The van der Waals surface area contributed by atoms with Gasteiger partial charge >= 0.3 is 0 Å². The van der Waals surface area contributed by atoms with Crippen molar-refractivity contribution >= 4 is 23.5 Å². The van der Waals surface area contributed by atoms with Crippen molar-refractivity contribution in [1.82, 2.24) is 36.2 Å². The Labute approximate surface area is 290 Å². The van der Waals surface area contributed by atoms with E-state index in [-0.39, 0.29) is 11.5 Å². The second-order valence-electron chi connectivity index (χ2n) is 16.5. The van der Waals surface area contributed by atoms with Crippen molar-refractivity contribution in [2.24, 2.45) is 11.3 Å². The van der Waals surface area contributed by atoms with Crippen LogP contribution < -0.4 is 31.1 Å². The molecule has 0 spiro atoms. The molecule has 4 saturated heterocycles. The molecule has 5 heterocycles. The van der Waals surface area contributed by atoms with E-state index in [9.17, 15) is 5.11 Å². The summed E-state index contributed by atoms with van der Waals surface area (Å²) in [5.41, 5.74) is 0.164. The molecular weight excluding hydrogens is 610 g/mol. The Balaban J connectivity index is 0.000000371. The van der Waals surface area contributed by atoms with Crippen molar-refractivity contribution in [3.63, 3.8) is 0 Å². The molecule has 47 heavy (non-hydrogen) atoms. The Kier molecular flexibility index (Phi) is 13.1. The molecule has 1 aromatic rings. The van der Waals surface area contributed by atoms with Crippen molar-refractivity contribution in [2.75, 3.05) is 36.0 Å². The van der Waals surface area contributed by atoms with Crippen LogP contribution in [0.3, 0.4) is 0 Å². The predicted octanol–water partition coefficient (Wildman–Crippen LogP) is 4.89. The summed E-state index contributed by atoms with van der Waals surface area (Å²) in [5, 5.41) is 24.5. The monoisotopic (exact) mass is 676 g/mol. The Bertz CT molecular complexity index is 1020. The number of aliphatic hydroxyl groups is 1. The average molecular weight is 676 g/mol. The van der Waals surface area contributed by atoms with Crippen LogP contribution in [0.5, 0.6) is 0 Å². The summed E-state index contributed by atoms with van der Waals surface area (Å²) in [5.74, 6) is 2.06. The quantitative estimate of drug-likeness (QED) is 0.286. The zero-order chi connectivity index (χ0) is 33.7. The molecule has 1 aliphatic carbocycles. The third-order valence-corrected chi connectivity index (χ3v) is 12.0. The van der Waals surface area contributed by atoms with E-state index in [1.165, 1.54) is 19.3 Å². The van der Waals surface area contributed by atoms with Gasteiger partial charge in [-0.1, -0.05) is 27.2 Å². The van der Waals surface area contributed by atoms with E-state index >= 15 is 0 Å². The maximum Gasteiger partial charge on any atom is 0.231 e. The van der Waals surface area contributed by atoms with Gasteiger partial charge in [0.05, 0.1) is 6.10 Å². The lowest BCUT2D eigenvalue weighted by atomic mass is 9.70. The Morgan fingerprint density at radius 1 is 0.617 bits per heavy atom. The molecule has 11 heteroatoms. The second kappa shape index (κ2) is 16.6. The zero-order valence-electron chi connectivity index (χ0n) is 30.4. The number of nitrogens with one attached hydrogen (secondary N) is 4. The van der Waals surface area contributed by atoms with Crippen molar-refractivity contribution in [1.29, 1.82) is 0 Å². The van der Waals surface area contributed by atoms with Crippen LogP contribution in [-0.4, -0.2) is 101 Å². The van der Waals surface area contributed by atoms with Crippen LogP contribution in [0.1, 0.15) is 119 Å². The number of aromatic nitrogens is 3. The number of rotatable bonds is 6. The average Bonchev–Trinajstić information content (AvgIpc) is 3.01. The lowest BCUT2D eigenvalue weighted by Crippen LogP contribution is -2.56. The maximum atomic E-state index is 9.71. The lowest BCUT2D eigenvalue weighted by Gasteiger charge is -2.46. The van der Waals surface area contributed by atoms with Gasteiger partial charge in [0.15, 0.2) is 0 Å². The van der Waals surface area contributed by atoms with Crippen LogP contribution in [0, 0.1) is 11.3 Å². The topological polar surface area (TPSA) is 114 Å². The van der Waals surface area contributed by atoms with E-state index in [1.54, 1.807) is 0 Å². The molecular formula is C36H66ClN9O. The molecule has 0 radical (unpaired) electrons. The fourth-order valence-corrected chi connectivity index (χ4v) is 9.35. The molecule has 10 atom stereocenters. The summed E-state index contributed by atoms with van der Waals surface area (Å²) in [6, 6.07) is 3.57.